The predicted molar refractivity (Wildman–Crippen MR) is 93.6 cm³/mol. The number of carbonyl (C=O) groups excluding carboxylic acids is 1. The second-order valence-electron chi connectivity index (χ2n) is 6.48. The fraction of sp³-hybridized carbons (Fsp3) is 0.421. The summed E-state index contributed by atoms with van der Waals surface area (Å²) < 4.78 is 13.3. The number of fused-ring (bicyclic) bond motifs is 1. The minimum absolute atomic E-state index is 0.0191. The summed E-state index contributed by atoms with van der Waals surface area (Å²) in [5.74, 6) is 1.82. The van der Waals surface area contributed by atoms with Crippen molar-refractivity contribution in [3.63, 3.8) is 0 Å². The van der Waals surface area contributed by atoms with Crippen LogP contribution in [0.5, 0.6) is 11.5 Å². The highest BCUT2D eigenvalue weighted by Gasteiger charge is 2.21. The predicted octanol–water partition coefficient (Wildman–Crippen LogP) is 3.88. The largest absolute Gasteiger partial charge is 0.490 e. The van der Waals surface area contributed by atoms with Gasteiger partial charge in [0.25, 0.3) is 0 Å². The molecule has 128 valence electrons. The quantitative estimate of drug-likeness (QED) is 0.906. The Bertz CT molecular complexity index is 680. The Morgan fingerprint density at radius 3 is 2.58 bits per heavy atom. The standard InChI is InChI=1S/C19H24N2O3/c1-14(2)12-16(21-8-3-4-9-21)19(22)20-15-6-7-17-18(13-15)24-11-5-10-23-17/h3-4,6-9,13-14,16H,5,10-12H2,1-2H3,(H,20,22). The van der Waals surface area contributed by atoms with Gasteiger partial charge in [0.15, 0.2) is 11.5 Å². The number of anilines is 1. The molecule has 1 atom stereocenters. The highest BCUT2D eigenvalue weighted by molar-refractivity contribution is 5.94. The molecule has 0 saturated carbocycles. The van der Waals surface area contributed by atoms with Crippen molar-refractivity contribution < 1.29 is 14.3 Å². The average molecular weight is 328 g/mol. The van der Waals surface area contributed by atoms with Crippen molar-refractivity contribution in [2.24, 2.45) is 5.92 Å². The molecule has 24 heavy (non-hydrogen) atoms. The van der Waals surface area contributed by atoms with Crippen LogP contribution in [0.25, 0.3) is 0 Å². The van der Waals surface area contributed by atoms with Crippen LogP contribution in [0.3, 0.4) is 0 Å². The summed E-state index contributed by atoms with van der Waals surface area (Å²) >= 11 is 0. The van der Waals surface area contributed by atoms with Crippen LogP contribution in [0.2, 0.25) is 0 Å². The van der Waals surface area contributed by atoms with E-state index in [-0.39, 0.29) is 11.9 Å². The first-order chi connectivity index (χ1) is 11.6. The SMILES string of the molecule is CC(C)CC(C(=O)Nc1ccc2c(c1)OCCCO2)n1cccc1. The van der Waals surface area contributed by atoms with Gasteiger partial charge < -0.3 is 19.4 Å². The summed E-state index contributed by atoms with van der Waals surface area (Å²) in [6.45, 7) is 5.53. The third kappa shape index (κ3) is 3.91. The van der Waals surface area contributed by atoms with Crippen LogP contribution in [0.1, 0.15) is 32.7 Å². The molecule has 0 saturated heterocycles. The number of rotatable bonds is 5. The molecule has 0 aliphatic carbocycles. The topological polar surface area (TPSA) is 52.5 Å². The zero-order chi connectivity index (χ0) is 16.9. The van der Waals surface area contributed by atoms with Crippen LogP contribution in [0.15, 0.2) is 42.7 Å². The van der Waals surface area contributed by atoms with E-state index in [0.29, 0.717) is 24.9 Å². The molecule has 5 nitrogen and oxygen atoms in total. The Morgan fingerprint density at radius 1 is 1.17 bits per heavy atom. The van der Waals surface area contributed by atoms with Gasteiger partial charge in [0.1, 0.15) is 6.04 Å². The molecular weight excluding hydrogens is 304 g/mol. The summed E-state index contributed by atoms with van der Waals surface area (Å²) in [5.41, 5.74) is 0.727. The van der Waals surface area contributed by atoms with Crippen molar-refractivity contribution in [1.82, 2.24) is 4.57 Å². The minimum Gasteiger partial charge on any atom is -0.490 e. The molecule has 0 spiro atoms. The fourth-order valence-electron chi connectivity index (χ4n) is 2.83. The summed E-state index contributed by atoms with van der Waals surface area (Å²) in [6.07, 6.45) is 5.51. The Kier molecular flexibility index (Phi) is 5.08. The molecule has 2 aromatic rings. The summed E-state index contributed by atoms with van der Waals surface area (Å²) in [5, 5.41) is 3.01. The van der Waals surface area contributed by atoms with Crippen molar-refractivity contribution in [3.8, 4) is 11.5 Å². The van der Waals surface area contributed by atoms with Crippen LogP contribution in [0, 0.1) is 5.92 Å². The van der Waals surface area contributed by atoms with E-state index in [2.05, 4.69) is 19.2 Å². The Morgan fingerprint density at radius 2 is 1.88 bits per heavy atom. The Balaban J connectivity index is 1.76. The van der Waals surface area contributed by atoms with Crippen LogP contribution < -0.4 is 14.8 Å². The average Bonchev–Trinajstić information content (AvgIpc) is 2.98. The normalized spacial score (nSPS) is 15.0. The zero-order valence-electron chi connectivity index (χ0n) is 14.2. The lowest BCUT2D eigenvalue weighted by atomic mass is 10.0. The molecule has 1 unspecified atom stereocenters. The number of hydrogen-bond donors (Lipinski definition) is 1. The van der Waals surface area contributed by atoms with E-state index >= 15 is 0 Å². The number of nitrogens with one attached hydrogen (secondary N) is 1. The molecule has 0 radical (unpaired) electrons. The molecule has 1 aromatic heterocycles. The number of hydrogen-bond acceptors (Lipinski definition) is 3. The first-order valence-electron chi connectivity index (χ1n) is 8.46. The number of amides is 1. The van der Waals surface area contributed by atoms with Crippen molar-refractivity contribution >= 4 is 11.6 Å². The molecule has 0 fully saturated rings. The lowest BCUT2D eigenvalue weighted by Gasteiger charge is -2.21. The maximum absolute atomic E-state index is 12.8. The van der Waals surface area contributed by atoms with Gasteiger partial charge in [-0.2, -0.15) is 0 Å². The monoisotopic (exact) mass is 328 g/mol. The summed E-state index contributed by atoms with van der Waals surface area (Å²) in [6, 6.07) is 9.19. The van der Waals surface area contributed by atoms with E-state index in [4.69, 9.17) is 9.47 Å². The van der Waals surface area contributed by atoms with Crippen molar-refractivity contribution in [2.75, 3.05) is 18.5 Å². The second-order valence-corrected chi connectivity index (χ2v) is 6.48. The van der Waals surface area contributed by atoms with Gasteiger partial charge in [-0.25, -0.2) is 0 Å². The minimum atomic E-state index is -0.226. The van der Waals surface area contributed by atoms with Gasteiger partial charge in [0.2, 0.25) is 5.91 Å². The van der Waals surface area contributed by atoms with E-state index in [0.717, 1.165) is 24.3 Å². The van der Waals surface area contributed by atoms with Gasteiger partial charge in [0, 0.05) is 30.6 Å². The van der Waals surface area contributed by atoms with E-state index in [1.165, 1.54) is 0 Å². The molecule has 1 aliphatic rings. The highest BCUT2D eigenvalue weighted by atomic mass is 16.5. The van der Waals surface area contributed by atoms with E-state index < -0.39 is 0 Å². The van der Waals surface area contributed by atoms with Crippen LogP contribution in [-0.4, -0.2) is 23.7 Å². The van der Waals surface area contributed by atoms with Crippen molar-refractivity contribution in [2.45, 2.75) is 32.7 Å². The van der Waals surface area contributed by atoms with Gasteiger partial charge in [0.05, 0.1) is 13.2 Å². The smallest absolute Gasteiger partial charge is 0.247 e. The van der Waals surface area contributed by atoms with E-state index in [1.807, 2.05) is 47.3 Å². The summed E-state index contributed by atoms with van der Waals surface area (Å²) in [4.78, 5) is 12.8. The van der Waals surface area contributed by atoms with Crippen molar-refractivity contribution in [1.29, 1.82) is 0 Å². The van der Waals surface area contributed by atoms with E-state index in [9.17, 15) is 4.79 Å². The molecule has 5 heteroatoms. The van der Waals surface area contributed by atoms with Crippen LogP contribution in [-0.2, 0) is 4.79 Å². The number of benzene rings is 1. The number of carbonyl (C=O) groups is 1. The lowest BCUT2D eigenvalue weighted by molar-refractivity contribution is -0.119. The maximum Gasteiger partial charge on any atom is 0.247 e. The molecule has 1 aliphatic heterocycles. The number of aromatic nitrogens is 1. The van der Waals surface area contributed by atoms with Crippen LogP contribution >= 0.6 is 0 Å². The fourth-order valence-corrected chi connectivity index (χ4v) is 2.83. The molecule has 1 aromatic carbocycles. The van der Waals surface area contributed by atoms with Gasteiger partial charge in [-0.3, -0.25) is 4.79 Å². The van der Waals surface area contributed by atoms with Gasteiger partial charge in [-0.15, -0.1) is 0 Å². The third-order valence-corrected chi connectivity index (χ3v) is 4.00. The van der Waals surface area contributed by atoms with Gasteiger partial charge >= 0.3 is 0 Å². The zero-order valence-corrected chi connectivity index (χ0v) is 14.2. The summed E-state index contributed by atoms with van der Waals surface area (Å²) in [7, 11) is 0. The maximum atomic E-state index is 12.8. The lowest BCUT2D eigenvalue weighted by Crippen LogP contribution is -2.26. The van der Waals surface area contributed by atoms with Crippen LogP contribution in [0.4, 0.5) is 5.69 Å². The first-order valence-corrected chi connectivity index (χ1v) is 8.46. The number of nitrogens with zero attached hydrogens (tertiary/aromatic N) is 1. The molecule has 1 N–H and O–H groups in total. The molecule has 2 heterocycles. The van der Waals surface area contributed by atoms with Crippen molar-refractivity contribution in [3.05, 3.63) is 42.7 Å². The molecule has 1 amide bonds. The highest BCUT2D eigenvalue weighted by Crippen LogP contribution is 2.32. The molecule has 3 rings (SSSR count). The molecule has 0 bridgehead atoms. The van der Waals surface area contributed by atoms with E-state index in [1.54, 1.807) is 0 Å². The third-order valence-electron chi connectivity index (χ3n) is 4.00. The van der Waals surface area contributed by atoms with Gasteiger partial charge in [-0.1, -0.05) is 13.8 Å². The second kappa shape index (κ2) is 7.43. The van der Waals surface area contributed by atoms with Gasteiger partial charge in [-0.05, 0) is 36.6 Å². The first kappa shape index (κ1) is 16.4. The Hall–Kier alpha value is -2.43. The Labute approximate surface area is 142 Å². The molecular formula is C19H24N2O3. The number of ether oxygens (including phenoxy) is 2.